The van der Waals surface area contributed by atoms with Gasteiger partial charge in [-0.3, -0.25) is 4.79 Å². The van der Waals surface area contributed by atoms with Gasteiger partial charge in [-0.2, -0.15) is 0 Å². The van der Waals surface area contributed by atoms with Gasteiger partial charge in [0.1, 0.15) is 5.82 Å². The first-order chi connectivity index (χ1) is 8.90. The number of carbonyl (C=O) groups excluding carboxylic acids is 1. The Labute approximate surface area is 116 Å². The molecule has 5 heteroatoms. The highest BCUT2D eigenvalue weighted by molar-refractivity contribution is 9.10. The van der Waals surface area contributed by atoms with E-state index in [0.717, 1.165) is 5.56 Å². The van der Waals surface area contributed by atoms with Crippen LogP contribution >= 0.6 is 15.9 Å². The molecule has 0 saturated heterocycles. The van der Waals surface area contributed by atoms with E-state index >= 15 is 0 Å². The minimum absolute atomic E-state index is 0.199. The molecule has 0 aliphatic carbocycles. The minimum Gasteiger partial charge on any atom is -0.288 e. The summed E-state index contributed by atoms with van der Waals surface area (Å²) in [6, 6.07) is 5.89. The predicted octanol–water partition coefficient (Wildman–Crippen LogP) is 4.41. The van der Waals surface area contributed by atoms with E-state index in [0.29, 0.717) is 16.6 Å². The highest BCUT2D eigenvalue weighted by atomic mass is 79.9. The fourth-order valence-corrected chi connectivity index (χ4v) is 2.08. The normalized spacial score (nSPS) is 10.6. The van der Waals surface area contributed by atoms with Gasteiger partial charge in [-0.05, 0) is 25.1 Å². The van der Waals surface area contributed by atoms with Crippen molar-refractivity contribution in [1.82, 2.24) is 0 Å². The zero-order valence-electron chi connectivity index (χ0n) is 9.81. The molecule has 0 radical (unpaired) electrons. The molecule has 2 rings (SSSR count). The molecule has 98 valence electrons. The van der Waals surface area contributed by atoms with E-state index in [9.17, 15) is 18.0 Å². The van der Waals surface area contributed by atoms with Gasteiger partial charge in [0.05, 0.1) is 5.56 Å². The summed E-state index contributed by atoms with van der Waals surface area (Å²) in [4.78, 5) is 12.1. The van der Waals surface area contributed by atoms with Crippen molar-refractivity contribution in [3.05, 3.63) is 68.9 Å². The Bertz CT molecular complexity index is 668. The third kappa shape index (κ3) is 2.71. The molecule has 2 aromatic rings. The summed E-state index contributed by atoms with van der Waals surface area (Å²) in [5.41, 5.74) is 0.504. The van der Waals surface area contributed by atoms with Crippen molar-refractivity contribution in [2.75, 3.05) is 0 Å². The summed E-state index contributed by atoms with van der Waals surface area (Å²) in [5, 5.41) is 0. The van der Waals surface area contributed by atoms with Gasteiger partial charge in [0.15, 0.2) is 17.4 Å². The lowest BCUT2D eigenvalue weighted by molar-refractivity contribution is 0.103. The number of rotatable bonds is 2. The Kier molecular flexibility index (Phi) is 3.75. The lowest BCUT2D eigenvalue weighted by Gasteiger charge is -2.07. The Morgan fingerprint density at radius 2 is 1.58 bits per heavy atom. The van der Waals surface area contributed by atoms with E-state index in [1.807, 2.05) is 0 Å². The maximum Gasteiger partial charge on any atom is 0.197 e. The van der Waals surface area contributed by atoms with Gasteiger partial charge in [-0.1, -0.05) is 27.6 Å². The minimum atomic E-state index is -1.32. The van der Waals surface area contributed by atoms with E-state index in [1.165, 1.54) is 0 Å². The molecule has 0 fully saturated rings. The molecule has 0 amide bonds. The Balaban J connectivity index is 2.56. The van der Waals surface area contributed by atoms with Gasteiger partial charge in [0.25, 0.3) is 0 Å². The lowest BCUT2D eigenvalue weighted by atomic mass is 10.0. The fourth-order valence-electron chi connectivity index (χ4n) is 1.65. The van der Waals surface area contributed by atoms with Gasteiger partial charge >= 0.3 is 0 Å². The van der Waals surface area contributed by atoms with Crippen LogP contribution in [0.3, 0.4) is 0 Å². The summed E-state index contributed by atoms with van der Waals surface area (Å²) < 4.78 is 40.0. The quantitative estimate of drug-likeness (QED) is 0.589. The lowest BCUT2D eigenvalue weighted by Crippen LogP contribution is -2.07. The van der Waals surface area contributed by atoms with Gasteiger partial charge in [-0.15, -0.1) is 0 Å². The average molecular weight is 329 g/mol. The molecule has 0 saturated carbocycles. The van der Waals surface area contributed by atoms with Crippen LogP contribution in [-0.4, -0.2) is 5.78 Å². The molecule has 19 heavy (non-hydrogen) atoms. The second kappa shape index (κ2) is 5.17. The van der Waals surface area contributed by atoms with E-state index in [1.54, 1.807) is 25.1 Å². The molecule has 1 nitrogen and oxygen atoms in total. The van der Waals surface area contributed by atoms with Crippen LogP contribution in [0, 0.1) is 24.4 Å². The summed E-state index contributed by atoms with van der Waals surface area (Å²) >= 11 is 3.17. The van der Waals surface area contributed by atoms with E-state index in [2.05, 4.69) is 15.9 Å². The smallest absolute Gasteiger partial charge is 0.197 e. The van der Waals surface area contributed by atoms with Gasteiger partial charge in [-0.25, -0.2) is 13.2 Å². The Hall–Kier alpha value is -1.62. The van der Waals surface area contributed by atoms with Gasteiger partial charge < -0.3 is 0 Å². The number of aryl methyl sites for hydroxylation is 1. The molecule has 2 aromatic carbocycles. The monoisotopic (exact) mass is 328 g/mol. The second-order valence-corrected chi connectivity index (χ2v) is 4.91. The Morgan fingerprint density at radius 3 is 2.26 bits per heavy atom. The topological polar surface area (TPSA) is 17.1 Å². The molecule has 0 heterocycles. The van der Waals surface area contributed by atoms with Crippen LogP contribution < -0.4 is 0 Å². The van der Waals surface area contributed by atoms with Crippen molar-refractivity contribution in [3.63, 3.8) is 0 Å². The zero-order valence-corrected chi connectivity index (χ0v) is 11.4. The van der Waals surface area contributed by atoms with Crippen molar-refractivity contribution < 1.29 is 18.0 Å². The van der Waals surface area contributed by atoms with E-state index in [-0.39, 0.29) is 5.56 Å². The van der Waals surface area contributed by atoms with Crippen LogP contribution in [-0.2, 0) is 0 Å². The van der Waals surface area contributed by atoms with Crippen molar-refractivity contribution >= 4 is 21.7 Å². The molecular weight excluding hydrogens is 321 g/mol. The van der Waals surface area contributed by atoms with Crippen molar-refractivity contribution in [2.24, 2.45) is 0 Å². The standard InChI is InChI=1S/C14H8BrF3O/c1-7-2-3-10(15)8(4-7)14(19)9-5-12(17)13(18)6-11(9)16/h2-6H,1H3. The van der Waals surface area contributed by atoms with Crippen LogP contribution in [0.5, 0.6) is 0 Å². The number of halogens is 4. The summed E-state index contributed by atoms with van der Waals surface area (Å²) in [5.74, 6) is -4.37. The molecule has 0 atom stereocenters. The van der Waals surface area contributed by atoms with E-state index in [4.69, 9.17) is 0 Å². The van der Waals surface area contributed by atoms with Crippen LogP contribution in [0.25, 0.3) is 0 Å². The van der Waals surface area contributed by atoms with Gasteiger partial charge in [0, 0.05) is 16.1 Å². The average Bonchev–Trinajstić information content (AvgIpc) is 2.36. The first-order valence-electron chi connectivity index (χ1n) is 5.35. The summed E-state index contributed by atoms with van der Waals surface area (Å²) in [6.45, 7) is 1.77. The third-order valence-electron chi connectivity index (χ3n) is 2.62. The zero-order chi connectivity index (χ0) is 14.2. The predicted molar refractivity (Wildman–Crippen MR) is 68.6 cm³/mol. The van der Waals surface area contributed by atoms with Crippen LogP contribution in [0.4, 0.5) is 13.2 Å². The molecule has 0 aliphatic rings. The van der Waals surface area contributed by atoms with Crippen LogP contribution in [0.15, 0.2) is 34.8 Å². The second-order valence-electron chi connectivity index (χ2n) is 4.06. The van der Waals surface area contributed by atoms with Crippen LogP contribution in [0.1, 0.15) is 21.5 Å². The Morgan fingerprint density at radius 1 is 0.947 bits per heavy atom. The molecule has 0 aromatic heterocycles. The fraction of sp³-hybridized carbons (Fsp3) is 0.0714. The maximum absolute atomic E-state index is 13.6. The summed E-state index contributed by atoms with van der Waals surface area (Å²) in [6.07, 6.45) is 0. The number of hydrogen-bond acceptors (Lipinski definition) is 1. The molecular formula is C14H8BrF3O. The first kappa shape index (κ1) is 13.8. The van der Waals surface area contributed by atoms with Crippen molar-refractivity contribution in [2.45, 2.75) is 6.92 Å². The molecule has 0 unspecified atom stereocenters. The summed E-state index contributed by atoms with van der Waals surface area (Å²) in [7, 11) is 0. The highest BCUT2D eigenvalue weighted by Gasteiger charge is 2.19. The third-order valence-corrected chi connectivity index (χ3v) is 3.31. The molecule has 0 N–H and O–H groups in total. The van der Waals surface area contributed by atoms with Gasteiger partial charge in [0.2, 0.25) is 0 Å². The van der Waals surface area contributed by atoms with Crippen molar-refractivity contribution in [1.29, 1.82) is 0 Å². The number of ketones is 1. The number of hydrogen-bond donors (Lipinski definition) is 0. The largest absolute Gasteiger partial charge is 0.288 e. The van der Waals surface area contributed by atoms with Crippen molar-refractivity contribution in [3.8, 4) is 0 Å². The molecule has 0 spiro atoms. The molecule has 0 aliphatic heterocycles. The van der Waals surface area contributed by atoms with E-state index < -0.39 is 28.8 Å². The highest BCUT2D eigenvalue weighted by Crippen LogP contribution is 2.23. The SMILES string of the molecule is Cc1ccc(Br)c(C(=O)c2cc(F)c(F)cc2F)c1. The number of benzene rings is 2. The van der Waals surface area contributed by atoms with Crippen LogP contribution in [0.2, 0.25) is 0 Å². The first-order valence-corrected chi connectivity index (χ1v) is 6.15. The number of carbonyl (C=O) groups is 1. The maximum atomic E-state index is 13.6. The molecule has 0 bridgehead atoms.